The van der Waals surface area contributed by atoms with E-state index in [0.717, 1.165) is 18.7 Å². The molecule has 0 amide bonds. The third-order valence-corrected chi connectivity index (χ3v) is 4.61. The van der Waals surface area contributed by atoms with Gasteiger partial charge in [-0.2, -0.15) is 0 Å². The van der Waals surface area contributed by atoms with Gasteiger partial charge in [-0.15, -0.1) is 0 Å². The van der Waals surface area contributed by atoms with Gasteiger partial charge >= 0.3 is 0 Å². The highest BCUT2D eigenvalue weighted by molar-refractivity contribution is 5.24. The van der Waals surface area contributed by atoms with Crippen LogP contribution in [0.4, 0.5) is 0 Å². The van der Waals surface area contributed by atoms with Crippen molar-refractivity contribution in [3.63, 3.8) is 0 Å². The molecular formula is C17H29N3O. The summed E-state index contributed by atoms with van der Waals surface area (Å²) >= 11 is 0. The molecule has 1 aliphatic heterocycles. The summed E-state index contributed by atoms with van der Waals surface area (Å²) in [5.74, 6) is 0. The summed E-state index contributed by atoms with van der Waals surface area (Å²) in [5.41, 5.74) is 6.77. The number of likely N-dealkylation sites (tertiary alicyclic amines) is 1. The van der Waals surface area contributed by atoms with E-state index in [2.05, 4.69) is 23.8 Å². The SMILES string of the molecule is CCN1CCCC1CN(C)CC(N)(CO)c1ccccc1. The van der Waals surface area contributed by atoms with Crippen LogP contribution in [0.15, 0.2) is 30.3 Å². The van der Waals surface area contributed by atoms with Crippen LogP contribution in [-0.2, 0) is 5.54 Å². The van der Waals surface area contributed by atoms with Gasteiger partial charge in [0.2, 0.25) is 0 Å². The molecule has 3 N–H and O–H groups in total. The number of aliphatic hydroxyl groups excluding tert-OH is 1. The van der Waals surface area contributed by atoms with E-state index in [1.807, 2.05) is 30.3 Å². The van der Waals surface area contributed by atoms with Crippen molar-refractivity contribution in [3.05, 3.63) is 35.9 Å². The van der Waals surface area contributed by atoms with Gasteiger partial charge in [0.25, 0.3) is 0 Å². The zero-order chi connectivity index (χ0) is 15.3. The monoisotopic (exact) mass is 291 g/mol. The predicted octanol–water partition coefficient (Wildman–Crippen LogP) is 1.25. The first-order chi connectivity index (χ1) is 10.1. The van der Waals surface area contributed by atoms with Crippen molar-refractivity contribution < 1.29 is 5.11 Å². The lowest BCUT2D eigenvalue weighted by atomic mass is 9.91. The summed E-state index contributed by atoms with van der Waals surface area (Å²) in [6, 6.07) is 10.5. The molecule has 0 saturated carbocycles. The minimum absolute atomic E-state index is 0.0382. The zero-order valence-electron chi connectivity index (χ0n) is 13.3. The molecule has 0 aromatic heterocycles. The number of hydrogen-bond donors (Lipinski definition) is 2. The molecule has 2 rings (SSSR count). The fraction of sp³-hybridized carbons (Fsp3) is 0.647. The van der Waals surface area contributed by atoms with E-state index in [9.17, 15) is 5.11 Å². The summed E-state index contributed by atoms with van der Waals surface area (Å²) in [4.78, 5) is 4.80. The maximum Gasteiger partial charge on any atom is 0.0772 e. The second kappa shape index (κ2) is 7.36. The summed E-state index contributed by atoms with van der Waals surface area (Å²) in [5, 5.41) is 9.78. The van der Waals surface area contributed by atoms with Crippen molar-refractivity contribution in [1.29, 1.82) is 0 Å². The number of nitrogens with two attached hydrogens (primary N) is 1. The molecule has 118 valence electrons. The van der Waals surface area contributed by atoms with Gasteiger partial charge in [0, 0.05) is 19.1 Å². The Hall–Kier alpha value is -0.940. The molecule has 1 aromatic carbocycles. The van der Waals surface area contributed by atoms with Crippen LogP contribution in [0.5, 0.6) is 0 Å². The molecule has 4 nitrogen and oxygen atoms in total. The molecule has 1 heterocycles. The van der Waals surface area contributed by atoms with Gasteiger partial charge in [0.15, 0.2) is 0 Å². The van der Waals surface area contributed by atoms with Crippen LogP contribution in [0.25, 0.3) is 0 Å². The highest BCUT2D eigenvalue weighted by atomic mass is 16.3. The standard InChI is InChI=1S/C17H29N3O/c1-3-20-11-7-10-16(20)12-19(2)13-17(18,14-21)15-8-5-4-6-9-15/h4-6,8-9,16,21H,3,7,10-14,18H2,1-2H3. The Morgan fingerprint density at radius 1 is 1.38 bits per heavy atom. The van der Waals surface area contributed by atoms with E-state index >= 15 is 0 Å². The molecule has 2 unspecified atom stereocenters. The number of benzene rings is 1. The first-order valence-corrected chi connectivity index (χ1v) is 7.97. The first kappa shape index (κ1) is 16.4. The van der Waals surface area contributed by atoms with Crippen LogP contribution in [0, 0.1) is 0 Å². The Morgan fingerprint density at radius 2 is 2.10 bits per heavy atom. The van der Waals surface area contributed by atoms with Gasteiger partial charge < -0.3 is 15.7 Å². The fourth-order valence-corrected chi connectivity index (χ4v) is 3.43. The lowest BCUT2D eigenvalue weighted by Crippen LogP contribution is -2.51. The molecule has 0 spiro atoms. The second-order valence-electron chi connectivity index (χ2n) is 6.30. The number of likely N-dealkylation sites (N-methyl/N-ethyl adjacent to an activating group) is 2. The highest BCUT2D eigenvalue weighted by Crippen LogP contribution is 2.21. The van der Waals surface area contributed by atoms with Gasteiger partial charge in [-0.3, -0.25) is 4.90 Å². The van der Waals surface area contributed by atoms with Crippen molar-refractivity contribution in [2.24, 2.45) is 5.73 Å². The zero-order valence-corrected chi connectivity index (χ0v) is 13.3. The summed E-state index contributed by atoms with van der Waals surface area (Å²) in [7, 11) is 2.10. The molecule has 4 heteroatoms. The first-order valence-electron chi connectivity index (χ1n) is 7.97. The fourth-order valence-electron chi connectivity index (χ4n) is 3.43. The van der Waals surface area contributed by atoms with Crippen LogP contribution in [0.1, 0.15) is 25.3 Å². The summed E-state index contributed by atoms with van der Waals surface area (Å²) in [6.45, 7) is 6.19. The molecule has 21 heavy (non-hydrogen) atoms. The van der Waals surface area contributed by atoms with Crippen LogP contribution in [-0.4, -0.2) is 60.8 Å². The van der Waals surface area contributed by atoms with Gasteiger partial charge in [0.1, 0.15) is 0 Å². The normalized spacial score (nSPS) is 22.6. The molecule has 1 fully saturated rings. The number of hydrogen-bond acceptors (Lipinski definition) is 4. The lowest BCUT2D eigenvalue weighted by Gasteiger charge is -2.35. The third-order valence-electron chi connectivity index (χ3n) is 4.61. The molecule has 1 aliphatic rings. The van der Waals surface area contributed by atoms with E-state index in [4.69, 9.17) is 5.73 Å². The smallest absolute Gasteiger partial charge is 0.0772 e. The largest absolute Gasteiger partial charge is 0.394 e. The minimum Gasteiger partial charge on any atom is -0.394 e. The van der Waals surface area contributed by atoms with E-state index in [1.165, 1.54) is 19.4 Å². The molecule has 0 aliphatic carbocycles. The molecule has 2 atom stereocenters. The van der Waals surface area contributed by atoms with Gasteiger partial charge in [-0.25, -0.2) is 0 Å². The van der Waals surface area contributed by atoms with E-state index in [-0.39, 0.29) is 6.61 Å². The third kappa shape index (κ3) is 4.04. The average molecular weight is 291 g/mol. The number of nitrogens with zero attached hydrogens (tertiary/aromatic N) is 2. The van der Waals surface area contributed by atoms with Crippen LogP contribution in [0.3, 0.4) is 0 Å². The Balaban J connectivity index is 1.98. The average Bonchev–Trinajstić information content (AvgIpc) is 2.95. The van der Waals surface area contributed by atoms with Crippen LogP contribution in [0.2, 0.25) is 0 Å². The Bertz CT molecular complexity index is 425. The number of rotatable bonds is 7. The van der Waals surface area contributed by atoms with Gasteiger partial charge in [0.05, 0.1) is 12.1 Å². The molecule has 1 aromatic rings. The van der Waals surface area contributed by atoms with Crippen molar-refractivity contribution in [2.45, 2.75) is 31.3 Å². The van der Waals surface area contributed by atoms with Crippen molar-refractivity contribution in [3.8, 4) is 0 Å². The lowest BCUT2D eigenvalue weighted by molar-refractivity contribution is 0.129. The molecule has 1 saturated heterocycles. The Labute approximate surface area is 128 Å². The summed E-state index contributed by atoms with van der Waals surface area (Å²) in [6.07, 6.45) is 2.55. The number of aliphatic hydroxyl groups is 1. The van der Waals surface area contributed by atoms with Crippen molar-refractivity contribution in [2.75, 3.05) is 39.8 Å². The molecule has 0 bridgehead atoms. The van der Waals surface area contributed by atoms with E-state index < -0.39 is 5.54 Å². The van der Waals surface area contributed by atoms with Gasteiger partial charge in [-0.1, -0.05) is 37.3 Å². The molecule has 0 radical (unpaired) electrons. The van der Waals surface area contributed by atoms with Crippen LogP contribution >= 0.6 is 0 Å². The maximum atomic E-state index is 9.78. The maximum absolute atomic E-state index is 9.78. The topological polar surface area (TPSA) is 52.7 Å². The highest BCUT2D eigenvalue weighted by Gasteiger charge is 2.30. The van der Waals surface area contributed by atoms with E-state index in [1.54, 1.807) is 0 Å². The second-order valence-corrected chi connectivity index (χ2v) is 6.30. The van der Waals surface area contributed by atoms with Crippen LogP contribution < -0.4 is 5.73 Å². The Morgan fingerprint density at radius 3 is 2.71 bits per heavy atom. The minimum atomic E-state index is -0.689. The molecular weight excluding hydrogens is 262 g/mol. The Kier molecular flexibility index (Phi) is 5.76. The van der Waals surface area contributed by atoms with E-state index in [0.29, 0.717) is 12.6 Å². The van der Waals surface area contributed by atoms with Gasteiger partial charge in [-0.05, 0) is 38.5 Å². The van der Waals surface area contributed by atoms with Crippen molar-refractivity contribution >= 4 is 0 Å². The predicted molar refractivity (Wildman–Crippen MR) is 87.2 cm³/mol. The summed E-state index contributed by atoms with van der Waals surface area (Å²) < 4.78 is 0. The quantitative estimate of drug-likeness (QED) is 0.794. The van der Waals surface area contributed by atoms with Crippen molar-refractivity contribution in [1.82, 2.24) is 9.80 Å².